The molecule has 1 spiro atoms. The van der Waals surface area contributed by atoms with Crippen molar-refractivity contribution in [1.29, 1.82) is 0 Å². The largest absolute Gasteiger partial charge is 0.466 e. The molecule has 0 unspecified atom stereocenters. The minimum absolute atomic E-state index is 0.216. The van der Waals surface area contributed by atoms with Crippen LogP contribution < -0.4 is 0 Å². The molecular weight excluding hydrogens is 266 g/mol. The van der Waals surface area contributed by atoms with Gasteiger partial charge in [-0.05, 0) is 17.2 Å². The summed E-state index contributed by atoms with van der Waals surface area (Å²) in [6, 6.07) is 10.4. The van der Waals surface area contributed by atoms with Crippen LogP contribution in [0.1, 0.15) is 5.56 Å². The molecule has 3 aliphatic rings. The summed E-state index contributed by atoms with van der Waals surface area (Å²) in [7, 11) is 1.43. The molecule has 1 aromatic rings. The zero-order valence-corrected chi connectivity index (χ0v) is 11.9. The molecule has 2 atom stereocenters. The molecule has 0 aromatic heterocycles. The highest BCUT2D eigenvalue weighted by Crippen LogP contribution is 2.47. The van der Waals surface area contributed by atoms with Crippen molar-refractivity contribution in [3.05, 3.63) is 59.2 Å². The highest BCUT2D eigenvalue weighted by Gasteiger charge is 2.55. The Labute approximate surface area is 123 Å². The predicted octanol–water partition coefficient (Wildman–Crippen LogP) is 1.68. The zero-order valence-electron chi connectivity index (χ0n) is 11.9. The molecule has 3 heterocycles. The molecule has 1 saturated heterocycles. The van der Waals surface area contributed by atoms with Crippen LogP contribution in [0.3, 0.4) is 0 Å². The summed E-state index contributed by atoms with van der Waals surface area (Å²) < 4.78 is 11.0. The van der Waals surface area contributed by atoms with Crippen LogP contribution in [0, 0.1) is 0 Å². The quantitative estimate of drug-likeness (QED) is 0.625. The molecule has 21 heavy (non-hydrogen) atoms. The number of ether oxygens (including phenoxy) is 2. The maximum atomic E-state index is 12.0. The van der Waals surface area contributed by atoms with Crippen LogP contribution in [0.25, 0.3) is 0 Å². The number of carbonyl (C=O) groups excluding carboxylic acids is 1. The van der Waals surface area contributed by atoms with Gasteiger partial charge in [-0.1, -0.05) is 36.4 Å². The number of hydrogen-bond donors (Lipinski definition) is 0. The summed E-state index contributed by atoms with van der Waals surface area (Å²) in [6.45, 7) is 2.42. The molecule has 4 nitrogen and oxygen atoms in total. The Bertz CT molecular complexity index is 649. The summed E-state index contributed by atoms with van der Waals surface area (Å²) in [4.78, 5) is 14.3. The number of carbonyl (C=O) groups is 1. The van der Waals surface area contributed by atoms with E-state index in [1.54, 1.807) is 0 Å². The van der Waals surface area contributed by atoms with E-state index in [1.807, 2.05) is 24.3 Å². The number of nitrogens with zero attached hydrogens (tertiary/aromatic N) is 1. The molecule has 0 aliphatic carbocycles. The monoisotopic (exact) mass is 283 g/mol. The Morgan fingerprint density at radius 1 is 1.43 bits per heavy atom. The third-order valence-corrected chi connectivity index (χ3v) is 4.49. The van der Waals surface area contributed by atoms with Crippen molar-refractivity contribution in [3.63, 3.8) is 0 Å². The number of benzene rings is 1. The Hall–Kier alpha value is -1.91. The van der Waals surface area contributed by atoms with Crippen LogP contribution in [0.2, 0.25) is 0 Å². The molecule has 108 valence electrons. The van der Waals surface area contributed by atoms with Crippen molar-refractivity contribution in [3.8, 4) is 0 Å². The highest BCUT2D eigenvalue weighted by molar-refractivity contribution is 5.93. The fraction of sp³-hybridized carbons (Fsp3) is 0.353. The second-order valence-electron chi connectivity index (χ2n) is 5.80. The van der Waals surface area contributed by atoms with Crippen molar-refractivity contribution in [2.75, 3.05) is 20.2 Å². The molecular formula is C17H17NO3. The minimum atomic E-state index is -0.400. The van der Waals surface area contributed by atoms with Crippen LogP contribution in [0.4, 0.5) is 0 Å². The second kappa shape index (κ2) is 4.55. The van der Waals surface area contributed by atoms with Gasteiger partial charge >= 0.3 is 5.97 Å². The topological polar surface area (TPSA) is 38.8 Å². The number of fused-ring (bicyclic) bond motifs is 1. The van der Waals surface area contributed by atoms with E-state index in [2.05, 4.69) is 23.1 Å². The van der Waals surface area contributed by atoms with E-state index < -0.39 is 5.60 Å². The molecule has 4 rings (SSSR count). The van der Waals surface area contributed by atoms with Gasteiger partial charge in [0.1, 0.15) is 11.7 Å². The molecule has 4 heteroatoms. The number of esters is 1. The smallest absolute Gasteiger partial charge is 0.336 e. The SMILES string of the molecule is COC(=O)C1=C2CN(Cc3ccccc3)C[C@@]23C=C[C@@H]1O3. The lowest BCUT2D eigenvalue weighted by Crippen LogP contribution is -2.31. The van der Waals surface area contributed by atoms with Gasteiger partial charge in [-0.25, -0.2) is 4.79 Å². The Balaban J connectivity index is 1.62. The molecule has 0 amide bonds. The van der Waals surface area contributed by atoms with Crippen LogP contribution in [-0.2, 0) is 20.8 Å². The van der Waals surface area contributed by atoms with Crippen LogP contribution in [0.5, 0.6) is 0 Å². The first-order chi connectivity index (χ1) is 10.2. The number of rotatable bonds is 3. The van der Waals surface area contributed by atoms with Crippen molar-refractivity contribution in [2.45, 2.75) is 18.2 Å². The maximum absolute atomic E-state index is 12.0. The van der Waals surface area contributed by atoms with Crippen molar-refractivity contribution in [2.24, 2.45) is 0 Å². The van der Waals surface area contributed by atoms with Gasteiger partial charge in [-0.2, -0.15) is 0 Å². The molecule has 0 radical (unpaired) electrons. The van der Waals surface area contributed by atoms with Crippen LogP contribution >= 0.6 is 0 Å². The number of methoxy groups -OCH3 is 1. The zero-order chi connectivity index (χ0) is 14.4. The van der Waals surface area contributed by atoms with Gasteiger partial charge in [0.2, 0.25) is 0 Å². The van der Waals surface area contributed by atoms with Gasteiger partial charge in [0.05, 0.1) is 12.7 Å². The van der Waals surface area contributed by atoms with Gasteiger partial charge in [0, 0.05) is 19.6 Å². The van der Waals surface area contributed by atoms with Crippen molar-refractivity contribution in [1.82, 2.24) is 4.90 Å². The summed E-state index contributed by atoms with van der Waals surface area (Å²) in [5, 5.41) is 0. The van der Waals surface area contributed by atoms with E-state index in [-0.39, 0.29) is 12.1 Å². The summed E-state index contributed by atoms with van der Waals surface area (Å²) in [6.07, 6.45) is 3.86. The molecule has 0 N–H and O–H groups in total. The van der Waals surface area contributed by atoms with Gasteiger partial charge in [0.25, 0.3) is 0 Å². The molecule has 0 saturated carbocycles. The lowest BCUT2D eigenvalue weighted by Gasteiger charge is -2.21. The molecule has 1 aromatic carbocycles. The Morgan fingerprint density at radius 2 is 2.24 bits per heavy atom. The average Bonchev–Trinajstić information content (AvgIpc) is 3.14. The van der Waals surface area contributed by atoms with E-state index in [1.165, 1.54) is 12.7 Å². The first-order valence-corrected chi connectivity index (χ1v) is 7.17. The van der Waals surface area contributed by atoms with Gasteiger partial charge < -0.3 is 9.47 Å². The summed E-state index contributed by atoms with van der Waals surface area (Å²) >= 11 is 0. The maximum Gasteiger partial charge on any atom is 0.336 e. The number of hydrogen-bond acceptors (Lipinski definition) is 4. The van der Waals surface area contributed by atoms with E-state index in [0.717, 1.165) is 25.2 Å². The fourth-order valence-corrected chi connectivity index (χ4v) is 3.59. The predicted molar refractivity (Wildman–Crippen MR) is 77.5 cm³/mol. The molecule has 2 bridgehead atoms. The first kappa shape index (κ1) is 12.8. The average molecular weight is 283 g/mol. The van der Waals surface area contributed by atoms with Gasteiger partial charge in [0.15, 0.2) is 0 Å². The minimum Gasteiger partial charge on any atom is -0.466 e. The lowest BCUT2D eigenvalue weighted by atomic mass is 9.90. The normalized spacial score (nSPS) is 30.0. The highest BCUT2D eigenvalue weighted by atomic mass is 16.5. The Morgan fingerprint density at radius 3 is 3.00 bits per heavy atom. The van der Waals surface area contributed by atoms with E-state index in [9.17, 15) is 4.79 Å². The van der Waals surface area contributed by atoms with Gasteiger partial charge in [-0.15, -0.1) is 0 Å². The third kappa shape index (κ3) is 1.87. The summed E-state index contributed by atoms with van der Waals surface area (Å²) in [5.74, 6) is -0.261. The van der Waals surface area contributed by atoms with Crippen LogP contribution in [-0.4, -0.2) is 42.8 Å². The van der Waals surface area contributed by atoms with E-state index in [4.69, 9.17) is 9.47 Å². The first-order valence-electron chi connectivity index (χ1n) is 7.17. The third-order valence-electron chi connectivity index (χ3n) is 4.49. The van der Waals surface area contributed by atoms with Crippen molar-refractivity contribution < 1.29 is 14.3 Å². The van der Waals surface area contributed by atoms with Gasteiger partial charge in [-0.3, -0.25) is 4.90 Å². The lowest BCUT2D eigenvalue weighted by molar-refractivity contribution is -0.137. The van der Waals surface area contributed by atoms with Crippen LogP contribution in [0.15, 0.2) is 53.6 Å². The van der Waals surface area contributed by atoms with E-state index in [0.29, 0.717) is 5.57 Å². The Kier molecular flexibility index (Phi) is 2.77. The number of likely N-dealkylation sites (tertiary alicyclic amines) is 1. The summed E-state index contributed by atoms with van der Waals surface area (Å²) in [5.41, 5.74) is 2.66. The molecule has 3 aliphatic heterocycles. The molecule has 1 fully saturated rings. The standard InChI is InChI=1S/C17H17NO3/c1-20-16(19)15-13-10-18(9-12-5-3-2-4-6-12)11-17(13)8-7-14(15)21-17/h2-8,14H,9-11H2,1H3/t14-,17-/m0/s1. The van der Waals surface area contributed by atoms with Crippen molar-refractivity contribution >= 4 is 5.97 Å². The second-order valence-corrected chi connectivity index (χ2v) is 5.80. The van der Waals surface area contributed by atoms with E-state index >= 15 is 0 Å². The fourth-order valence-electron chi connectivity index (χ4n) is 3.59.